The van der Waals surface area contributed by atoms with Crippen LogP contribution in [0.15, 0.2) is 72.8 Å². The number of carbonyl (C=O) groups excluding carboxylic acids is 2. The lowest BCUT2D eigenvalue weighted by Gasteiger charge is -2.47. The number of carbonyl (C=O) groups is 2. The van der Waals surface area contributed by atoms with Gasteiger partial charge in [0.05, 0.1) is 12.0 Å². The lowest BCUT2D eigenvalue weighted by molar-refractivity contribution is -0.130. The van der Waals surface area contributed by atoms with E-state index in [1.54, 1.807) is 24.3 Å². The van der Waals surface area contributed by atoms with Gasteiger partial charge in [-0.15, -0.1) is 0 Å². The van der Waals surface area contributed by atoms with Gasteiger partial charge in [0.1, 0.15) is 17.4 Å². The summed E-state index contributed by atoms with van der Waals surface area (Å²) in [6.45, 7) is 0. The number of aromatic hydroxyl groups is 1. The molecule has 0 bridgehead atoms. The number of benzene rings is 3. The van der Waals surface area contributed by atoms with Gasteiger partial charge in [-0.05, 0) is 61.0 Å². The molecule has 30 heavy (non-hydrogen) atoms. The molecule has 2 atom stereocenters. The molecular weight excluding hydrogens is 388 g/mol. The maximum Gasteiger partial charge on any atom is 0.233 e. The lowest BCUT2D eigenvalue weighted by Crippen LogP contribution is -2.55. The topological polar surface area (TPSA) is 57.6 Å². The minimum atomic E-state index is -0.507. The molecule has 1 amide bonds. The Bertz CT molecular complexity index is 1080. The van der Waals surface area contributed by atoms with E-state index in [9.17, 15) is 23.5 Å². The van der Waals surface area contributed by atoms with Crippen LogP contribution in [0.3, 0.4) is 0 Å². The molecular formula is C24H19F2NO3. The van der Waals surface area contributed by atoms with Crippen molar-refractivity contribution in [2.75, 3.05) is 4.90 Å². The second-order valence-electron chi connectivity index (χ2n) is 7.26. The number of halogens is 2. The number of anilines is 1. The van der Waals surface area contributed by atoms with Crippen LogP contribution < -0.4 is 4.90 Å². The quantitative estimate of drug-likeness (QED) is 0.460. The molecule has 2 unspecified atom stereocenters. The summed E-state index contributed by atoms with van der Waals surface area (Å²) in [5.74, 6) is -1.66. The van der Waals surface area contributed by atoms with Gasteiger partial charge in [-0.25, -0.2) is 8.78 Å². The second-order valence-corrected chi connectivity index (χ2v) is 7.26. The first-order valence-electron chi connectivity index (χ1n) is 9.61. The fraction of sp³-hybridized carbons (Fsp3) is 0.167. The molecule has 152 valence electrons. The average Bonchev–Trinajstić information content (AvgIpc) is 2.74. The Morgan fingerprint density at radius 2 is 1.50 bits per heavy atom. The largest absolute Gasteiger partial charge is 0.508 e. The van der Waals surface area contributed by atoms with Crippen LogP contribution in [0.2, 0.25) is 0 Å². The number of rotatable bonds is 6. The van der Waals surface area contributed by atoms with Crippen LogP contribution in [0.4, 0.5) is 14.5 Å². The molecule has 0 radical (unpaired) electrons. The van der Waals surface area contributed by atoms with Crippen LogP contribution in [0.25, 0.3) is 0 Å². The van der Waals surface area contributed by atoms with E-state index in [0.717, 1.165) is 0 Å². The van der Waals surface area contributed by atoms with Crippen molar-refractivity contribution in [1.29, 1.82) is 0 Å². The zero-order valence-electron chi connectivity index (χ0n) is 16.0. The molecule has 3 aromatic rings. The smallest absolute Gasteiger partial charge is 0.233 e. The minimum Gasteiger partial charge on any atom is -0.508 e. The van der Waals surface area contributed by atoms with Crippen LogP contribution in [-0.2, 0) is 4.79 Å². The third-order valence-electron chi connectivity index (χ3n) is 5.42. The number of hydrogen-bond acceptors (Lipinski definition) is 3. The van der Waals surface area contributed by atoms with Gasteiger partial charge in [-0.2, -0.15) is 0 Å². The third-order valence-corrected chi connectivity index (χ3v) is 5.42. The third kappa shape index (κ3) is 3.68. The molecule has 1 saturated heterocycles. The molecule has 3 aromatic carbocycles. The lowest BCUT2D eigenvalue weighted by atomic mass is 9.78. The Labute approximate surface area is 172 Å². The molecule has 1 heterocycles. The van der Waals surface area contributed by atoms with Crippen LogP contribution in [-0.4, -0.2) is 16.8 Å². The molecule has 1 aliphatic rings. The number of phenolic OH excluding ortho intramolecular Hbond substituents is 1. The van der Waals surface area contributed by atoms with Crippen molar-refractivity contribution in [2.45, 2.75) is 18.9 Å². The number of ketones is 1. The molecule has 0 saturated carbocycles. The summed E-state index contributed by atoms with van der Waals surface area (Å²) in [6.07, 6.45) is 0.398. The van der Waals surface area contributed by atoms with Crippen molar-refractivity contribution in [1.82, 2.24) is 0 Å². The Balaban J connectivity index is 1.57. The van der Waals surface area contributed by atoms with E-state index < -0.39 is 23.6 Å². The molecule has 0 aromatic heterocycles. The highest BCUT2D eigenvalue weighted by molar-refractivity contribution is 6.04. The fourth-order valence-electron chi connectivity index (χ4n) is 3.88. The van der Waals surface area contributed by atoms with E-state index in [0.29, 0.717) is 16.8 Å². The zero-order valence-corrected chi connectivity index (χ0v) is 16.0. The van der Waals surface area contributed by atoms with E-state index in [2.05, 4.69) is 0 Å². The highest BCUT2D eigenvalue weighted by atomic mass is 19.1. The van der Waals surface area contributed by atoms with Gasteiger partial charge in [-0.1, -0.05) is 18.2 Å². The number of phenols is 1. The highest BCUT2D eigenvalue weighted by Crippen LogP contribution is 2.47. The van der Waals surface area contributed by atoms with Crippen LogP contribution in [0.1, 0.15) is 34.8 Å². The Morgan fingerprint density at radius 3 is 2.13 bits per heavy atom. The second kappa shape index (κ2) is 8.06. The first kappa shape index (κ1) is 19.8. The van der Waals surface area contributed by atoms with Gasteiger partial charge < -0.3 is 10.0 Å². The number of Topliss-reactive ketones (excluding diaryl/α,β-unsaturated/α-hetero) is 1. The summed E-state index contributed by atoms with van der Waals surface area (Å²) < 4.78 is 26.4. The van der Waals surface area contributed by atoms with Gasteiger partial charge in [0, 0.05) is 23.2 Å². The van der Waals surface area contributed by atoms with E-state index in [1.165, 1.54) is 53.4 Å². The van der Waals surface area contributed by atoms with E-state index in [-0.39, 0.29) is 30.3 Å². The summed E-state index contributed by atoms with van der Waals surface area (Å²) in [5.41, 5.74) is 1.48. The summed E-state index contributed by atoms with van der Waals surface area (Å²) in [5, 5.41) is 10.3. The van der Waals surface area contributed by atoms with Gasteiger partial charge >= 0.3 is 0 Å². The maximum absolute atomic E-state index is 13.3. The molecule has 0 aliphatic carbocycles. The fourth-order valence-corrected chi connectivity index (χ4v) is 3.88. The number of hydrogen-bond donors (Lipinski definition) is 1. The molecule has 1 aliphatic heterocycles. The molecule has 6 heteroatoms. The van der Waals surface area contributed by atoms with E-state index in [4.69, 9.17) is 0 Å². The average molecular weight is 407 g/mol. The van der Waals surface area contributed by atoms with Gasteiger partial charge in [0.15, 0.2) is 5.78 Å². The molecule has 0 spiro atoms. The molecule has 1 N–H and O–H groups in total. The van der Waals surface area contributed by atoms with E-state index in [1.807, 2.05) is 0 Å². The predicted molar refractivity (Wildman–Crippen MR) is 108 cm³/mol. The van der Waals surface area contributed by atoms with Crippen molar-refractivity contribution in [3.8, 4) is 5.75 Å². The first-order valence-corrected chi connectivity index (χ1v) is 9.61. The number of β-lactam (4-membered cyclic amide) rings is 1. The SMILES string of the molecule is O=C(CCC1C(=O)N(c2ccc(F)cc2)C1c1ccccc1O)c1ccc(F)cc1. The normalized spacial score (nSPS) is 18.2. The van der Waals surface area contributed by atoms with Crippen LogP contribution in [0, 0.1) is 17.6 Å². The summed E-state index contributed by atoms with van der Waals surface area (Å²) >= 11 is 0. The first-order chi connectivity index (χ1) is 14.5. The number of nitrogens with zero attached hydrogens (tertiary/aromatic N) is 1. The summed E-state index contributed by atoms with van der Waals surface area (Å²) in [6, 6.07) is 17.1. The minimum absolute atomic E-state index is 0.0528. The number of amides is 1. The Morgan fingerprint density at radius 1 is 0.900 bits per heavy atom. The van der Waals surface area contributed by atoms with Crippen molar-refractivity contribution in [3.05, 3.63) is 95.6 Å². The van der Waals surface area contributed by atoms with Gasteiger partial charge in [0.2, 0.25) is 5.91 Å². The van der Waals surface area contributed by atoms with Crippen molar-refractivity contribution in [2.24, 2.45) is 5.92 Å². The van der Waals surface area contributed by atoms with Crippen molar-refractivity contribution in [3.63, 3.8) is 0 Å². The summed E-state index contributed by atoms with van der Waals surface area (Å²) in [4.78, 5) is 26.9. The monoisotopic (exact) mass is 407 g/mol. The predicted octanol–water partition coefficient (Wildman–Crippen LogP) is 5.04. The molecule has 4 nitrogen and oxygen atoms in total. The number of para-hydroxylation sites is 1. The van der Waals surface area contributed by atoms with E-state index >= 15 is 0 Å². The highest BCUT2D eigenvalue weighted by Gasteiger charge is 2.49. The van der Waals surface area contributed by atoms with Crippen LogP contribution >= 0.6 is 0 Å². The van der Waals surface area contributed by atoms with Crippen molar-refractivity contribution >= 4 is 17.4 Å². The maximum atomic E-state index is 13.3. The van der Waals surface area contributed by atoms with Crippen molar-refractivity contribution < 1.29 is 23.5 Å². The molecule has 1 fully saturated rings. The molecule has 4 rings (SSSR count). The standard InChI is InChI=1S/C24H19F2NO3/c25-16-7-5-15(6-8-16)21(28)14-13-20-23(19-3-1-2-4-22(19)29)27(24(20)30)18-11-9-17(26)10-12-18/h1-12,20,23,29H,13-14H2. The van der Waals surface area contributed by atoms with Gasteiger partial charge in [0.25, 0.3) is 0 Å². The Kier molecular flexibility index (Phi) is 5.31. The van der Waals surface area contributed by atoms with Gasteiger partial charge in [-0.3, -0.25) is 9.59 Å². The zero-order chi connectivity index (χ0) is 21.3. The summed E-state index contributed by atoms with van der Waals surface area (Å²) in [7, 11) is 0. The van der Waals surface area contributed by atoms with Crippen LogP contribution in [0.5, 0.6) is 5.75 Å². The Hall–Kier alpha value is -3.54.